The van der Waals surface area contributed by atoms with Crippen LogP contribution in [-0.2, 0) is 9.53 Å². The second-order valence-electron chi connectivity index (χ2n) is 3.94. The van der Waals surface area contributed by atoms with Gasteiger partial charge in [-0.05, 0) is 12.1 Å². The van der Waals surface area contributed by atoms with Gasteiger partial charge in [0.05, 0.1) is 19.7 Å². The third kappa shape index (κ3) is 8.44. The molecule has 0 atom stereocenters. The summed E-state index contributed by atoms with van der Waals surface area (Å²) >= 11 is 0. The van der Waals surface area contributed by atoms with Crippen molar-refractivity contribution in [2.45, 2.75) is 0 Å². The number of carbonyl (C=O) groups excluding carboxylic acids is 1. The molecule has 1 aromatic rings. The number of amides is 1. The predicted octanol–water partition coefficient (Wildman–Crippen LogP) is 1.12. The van der Waals surface area contributed by atoms with Crippen LogP contribution in [0, 0.1) is 11.6 Å². The first kappa shape index (κ1) is 19.6. The zero-order valence-electron chi connectivity index (χ0n) is 11.7. The highest BCUT2D eigenvalue weighted by Crippen LogP contribution is 2.14. The summed E-state index contributed by atoms with van der Waals surface area (Å²) in [4.78, 5) is 11.3. The summed E-state index contributed by atoms with van der Waals surface area (Å²) in [5.41, 5.74) is 0. The Morgan fingerprint density at radius 1 is 1.19 bits per heavy atom. The lowest BCUT2D eigenvalue weighted by Gasteiger charge is -2.08. The third-order valence-electron chi connectivity index (χ3n) is 2.35. The molecule has 0 saturated heterocycles. The maximum atomic E-state index is 12.9. The summed E-state index contributed by atoms with van der Waals surface area (Å²) < 4.78 is 35.5. The average molecular weight is 325 g/mol. The molecule has 8 heteroatoms. The Morgan fingerprint density at radius 3 is 2.62 bits per heavy atom. The third-order valence-corrected chi connectivity index (χ3v) is 2.35. The molecule has 0 radical (unpaired) electrons. The molecule has 0 spiro atoms. The summed E-state index contributed by atoms with van der Waals surface area (Å²) in [6.07, 6.45) is 0. The standard InChI is InChI=1S/C13H18F2N2O3.ClH/c1-19-6-4-16-9-13(18)17-5-7-20-10-2-3-11(14)12(15)8-10;/h2-3,8,16H,4-7,9H2,1H3,(H,17,18);1H. The Hall–Kier alpha value is -1.44. The van der Waals surface area contributed by atoms with E-state index in [0.29, 0.717) is 13.2 Å². The van der Waals surface area contributed by atoms with Gasteiger partial charge in [0.25, 0.3) is 0 Å². The van der Waals surface area contributed by atoms with Crippen molar-refractivity contribution >= 4 is 18.3 Å². The molecule has 0 aliphatic rings. The lowest BCUT2D eigenvalue weighted by Crippen LogP contribution is -2.37. The second-order valence-corrected chi connectivity index (χ2v) is 3.94. The van der Waals surface area contributed by atoms with Crippen molar-refractivity contribution in [1.29, 1.82) is 0 Å². The highest BCUT2D eigenvalue weighted by Gasteiger charge is 2.03. The Labute approximate surface area is 128 Å². The minimum Gasteiger partial charge on any atom is -0.492 e. The van der Waals surface area contributed by atoms with Crippen molar-refractivity contribution in [3.8, 4) is 5.75 Å². The molecule has 5 nitrogen and oxygen atoms in total. The number of rotatable bonds is 9. The van der Waals surface area contributed by atoms with Gasteiger partial charge in [-0.25, -0.2) is 8.78 Å². The zero-order valence-corrected chi connectivity index (χ0v) is 12.5. The molecule has 1 aromatic carbocycles. The van der Waals surface area contributed by atoms with Gasteiger partial charge in [0, 0.05) is 19.7 Å². The minimum absolute atomic E-state index is 0. The minimum atomic E-state index is -0.964. The molecule has 0 fully saturated rings. The van der Waals surface area contributed by atoms with Crippen LogP contribution in [0.2, 0.25) is 0 Å². The van der Waals surface area contributed by atoms with E-state index in [1.54, 1.807) is 7.11 Å². The van der Waals surface area contributed by atoms with E-state index in [-0.39, 0.29) is 43.8 Å². The van der Waals surface area contributed by atoms with Crippen LogP contribution in [0.15, 0.2) is 18.2 Å². The fourth-order valence-corrected chi connectivity index (χ4v) is 1.36. The van der Waals surface area contributed by atoms with Crippen LogP contribution >= 0.6 is 12.4 Å². The molecule has 0 unspecified atom stereocenters. The second kappa shape index (κ2) is 11.2. The summed E-state index contributed by atoms with van der Waals surface area (Å²) in [7, 11) is 1.58. The van der Waals surface area contributed by atoms with Crippen LogP contribution in [0.5, 0.6) is 5.75 Å². The molecule has 0 aliphatic carbocycles. The number of methoxy groups -OCH3 is 1. The molecular formula is C13H19ClF2N2O3. The molecule has 0 aliphatic heterocycles. The summed E-state index contributed by atoms with van der Waals surface area (Å²) in [6, 6.07) is 3.28. The quantitative estimate of drug-likeness (QED) is 0.668. The lowest BCUT2D eigenvalue weighted by atomic mass is 10.3. The normalized spacial score (nSPS) is 9.86. The van der Waals surface area contributed by atoms with Crippen LogP contribution in [0.1, 0.15) is 0 Å². The van der Waals surface area contributed by atoms with Gasteiger partial charge in [-0.1, -0.05) is 0 Å². The number of halogens is 3. The number of hydrogen-bond acceptors (Lipinski definition) is 4. The van der Waals surface area contributed by atoms with Crippen molar-refractivity contribution in [2.75, 3.05) is 40.0 Å². The number of ether oxygens (including phenoxy) is 2. The van der Waals surface area contributed by atoms with E-state index >= 15 is 0 Å². The maximum Gasteiger partial charge on any atom is 0.234 e. The van der Waals surface area contributed by atoms with E-state index in [9.17, 15) is 13.6 Å². The van der Waals surface area contributed by atoms with Crippen LogP contribution in [0.4, 0.5) is 8.78 Å². The van der Waals surface area contributed by atoms with Gasteiger partial charge < -0.3 is 20.1 Å². The molecule has 0 bridgehead atoms. The monoisotopic (exact) mass is 324 g/mol. The van der Waals surface area contributed by atoms with Gasteiger partial charge in [0.15, 0.2) is 11.6 Å². The Morgan fingerprint density at radius 2 is 1.95 bits per heavy atom. The van der Waals surface area contributed by atoms with Gasteiger partial charge in [-0.15, -0.1) is 12.4 Å². The van der Waals surface area contributed by atoms with Gasteiger partial charge >= 0.3 is 0 Å². The van der Waals surface area contributed by atoms with Crippen molar-refractivity contribution < 1.29 is 23.0 Å². The van der Waals surface area contributed by atoms with E-state index in [1.165, 1.54) is 6.07 Å². The van der Waals surface area contributed by atoms with Crippen LogP contribution in [0.3, 0.4) is 0 Å². The van der Waals surface area contributed by atoms with E-state index in [2.05, 4.69) is 10.6 Å². The molecule has 1 rings (SSSR count). The molecule has 1 amide bonds. The van der Waals surface area contributed by atoms with E-state index in [1.807, 2.05) is 0 Å². The van der Waals surface area contributed by atoms with Gasteiger partial charge in [-0.2, -0.15) is 0 Å². The Kier molecular flexibility index (Phi) is 10.5. The molecule has 0 aromatic heterocycles. The first-order valence-corrected chi connectivity index (χ1v) is 6.17. The van der Waals surface area contributed by atoms with Crippen molar-refractivity contribution in [2.24, 2.45) is 0 Å². The molecular weight excluding hydrogens is 306 g/mol. The maximum absolute atomic E-state index is 12.9. The van der Waals surface area contributed by atoms with Crippen molar-refractivity contribution in [3.05, 3.63) is 29.8 Å². The largest absolute Gasteiger partial charge is 0.492 e. The fraction of sp³-hybridized carbons (Fsp3) is 0.462. The van der Waals surface area contributed by atoms with E-state index < -0.39 is 11.6 Å². The fourth-order valence-electron chi connectivity index (χ4n) is 1.36. The van der Waals surface area contributed by atoms with Crippen molar-refractivity contribution in [1.82, 2.24) is 10.6 Å². The molecule has 21 heavy (non-hydrogen) atoms. The highest BCUT2D eigenvalue weighted by atomic mass is 35.5. The van der Waals surface area contributed by atoms with Crippen LogP contribution < -0.4 is 15.4 Å². The van der Waals surface area contributed by atoms with Gasteiger partial charge in [0.2, 0.25) is 5.91 Å². The molecule has 0 saturated carbocycles. The van der Waals surface area contributed by atoms with E-state index in [0.717, 1.165) is 12.1 Å². The predicted molar refractivity (Wildman–Crippen MR) is 76.9 cm³/mol. The molecule has 0 heterocycles. The first-order valence-electron chi connectivity index (χ1n) is 6.17. The van der Waals surface area contributed by atoms with Gasteiger partial charge in [-0.3, -0.25) is 4.79 Å². The number of nitrogens with one attached hydrogen (secondary N) is 2. The number of hydrogen-bond donors (Lipinski definition) is 2. The zero-order chi connectivity index (χ0) is 14.8. The Bertz CT molecular complexity index is 436. The Balaban J connectivity index is 0.00000400. The first-order chi connectivity index (χ1) is 9.63. The molecule has 2 N–H and O–H groups in total. The van der Waals surface area contributed by atoms with E-state index in [4.69, 9.17) is 9.47 Å². The summed E-state index contributed by atoms with van der Waals surface area (Å²) in [5, 5.41) is 5.51. The topological polar surface area (TPSA) is 59.6 Å². The SMILES string of the molecule is COCCNCC(=O)NCCOc1ccc(F)c(F)c1.Cl. The van der Waals surface area contributed by atoms with Gasteiger partial charge in [0.1, 0.15) is 12.4 Å². The number of carbonyl (C=O) groups is 1. The van der Waals surface area contributed by atoms with Crippen molar-refractivity contribution in [3.63, 3.8) is 0 Å². The summed E-state index contributed by atoms with van der Waals surface area (Å²) in [5.74, 6) is -1.84. The lowest BCUT2D eigenvalue weighted by molar-refractivity contribution is -0.120. The van der Waals surface area contributed by atoms with Crippen LogP contribution in [-0.4, -0.2) is 45.9 Å². The number of benzene rings is 1. The van der Waals surface area contributed by atoms with Crippen LogP contribution in [0.25, 0.3) is 0 Å². The smallest absolute Gasteiger partial charge is 0.234 e. The highest BCUT2D eigenvalue weighted by molar-refractivity contribution is 5.85. The summed E-state index contributed by atoms with van der Waals surface area (Å²) in [6.45, 7) is 1.77. The average Bonchev–Trinajstić information content (AvgIpc) is 2.43. The molecule has 120 valence electrons.